The molecule has 3 rings (SSSR count). The standard InChI is InChI=1S/C20H30N4O/c1-13(2)18-11-16(17-12-21-24(14(3)4)19(17)22-18)20(25)23-9-6-7-15(5)8-10-23/h11-15H,6-10H2,1-5H3. The molecule has 1 atom stereocenters. The fourth-order valence-electron chi connectivity index (χ4n) is 3.52. The highest BCUT2D eigenvalue weighted by Gasteiger charge is 2.24. The van der Waals surface area contributed by atoms with Crippen LogP contribution >= 0.6 is 0 Å². The third-order valence-electron chi connectivity index (χ3n) is 5.20. The topological polar surface area (TPSA) is 51.0 Å². The lowest BCUT2D eigenvalue weighted by atomic mass is 10.0. The first-order valence-corrected chi connectivity index (χ1v) is 9.56. The summed E-state index contributed by atoms with van der Waals surface area (Å²) in [6.45, 7) is 12.4. The molecular formula is C20H30N4O. The van der Waals surface area contributed by atoms with Gasteiger partial charge in [-0.1, -0.05) is 20.8 Å². The summed E-state index contributed by atoms with van der Waals surface area (Å²) in [6, 6.07) is 2.20. The average Bonchev–Trinajstić information content (AvgIpc) is 2.88. The molecule has 2 aromatic heterocycles. The number of hydrogen-bond acceptors (Lipinski definition) is 3. The number of carbonyl (C=O) groups is 1. The van der Waals surface area contributed by atoms with Crippen molar-refractivity contribution >= 4 is 16.9 Å². The molecule has 0 radical (unpaired) electrons. The lowest BCUT2D eigenvalue weighted by Crippen LogP contribution is -2.32. The van der Waals surface area contributed by atoms with E-state index in [1.165, 1.54) is 6.42 Å². The van der Waals surface area contributed by atoms with Gasteiger partial charge in [0.1, 0.15) is 0 Å². The van der Waals surface area contributed by atoms with Gasteiger partial charge in [0.2, 0.25) is 0 Å². The van der Waals surface area contributed by atoms with E-state index in [1.54, 1.807) is 6.20 Å². The molecule has 1 saturated heterocycles. The van der Waals surface area contributed by atoms with Crippen LogP contribution in [0.15, 0.2) is 12.3 Å². The second kappa shape index (κ2) is 7.14. The minimum atomic E-state index is 0.131. The number of carbonyl (C=O) groups excluding carboxylic acids is 1. The molecule has 136 valence electrons. The van der Waals surface area contributed by atoms with Gasteiger partial charge in [-0.05, 0) is 51.0 Å². The van der Waals surface area contributed by atoms with E-state index < -0.39 is 0 Å². The number of aromatic nitrogens is 3. The summed E-state index contributed by atoms with van der Waals surface area (Å²) >= 11 is 0. The minimum absolute atomic E-state index is 0.131. The summed E-state index contributed by atoms with van der Waals surface area (Å²) < 4.78 is 1.92. The zero-order valence-electron chi connectivity index (χ0n) is 16.1. The van der Waals surface area contributed by atoms with Crippen LogP contribution in [0.2, 0.25) is 0 Å². The highest BCUT2D eigenvalue weighted by atomic mass is 16.2. The Labute approximate surface area is 150 Å². The van der Waals surface area contributed by atoms with Crippen molar-refractivity contribution in [3.8, 4) is 0 Å². The molecule has 0 N–H and O–H groups in total. The van der Waals surface area contributed by atoms with Crippen molar-refractivity contribution in [1.82, 2.24) is 19.7 Å². The van der Waals surface area contributed by atoms with Crippen LogP contribution in [0.3, 0.4) is 0 Å². The van der Waals surface area contributed by atoms with Crippen molar-refractivity contribution in [1.29, 1.82) is 0 Å². The smallest absolute Gasteiger partial charge is 0.254 e. The SMILES string of the molecule is CC1CCCN(C(=O)c2cc(C(C)C)nc3c2cnn3C(C)C)CC1. The Morgan fingerprint density at radius 3 is 2.64 bits per heavy atom. The van der Waals surface area contributed by atoms with Crippen LogP contribution in [0.4, 0.5) is 0 Å². The molecule has 1 aliphatic heterocycles. The highest BCUT2D eigenvalue weighted by molar-refractivity contribution is 6.05. The fourth-order valence-corrected chi connectivity index (χ4v) is 3.52. The van der Waals surface area contributed by atoms with Gasteiger partial charge in [-0.15, -0.1) is 0 Å². The Kier molecular flexibility index (Phi) is 5.11. The Balaban J connectivity index is 2.06. The maximum absolute atomic E-state index is 13.3. The first-order valence-electron chi connectivity index (χ1n) is 9.56. The van der Waals surface area contributed by atoms with E-state index in [1.807, 2.05) is 15.6 Å². The number of hydrogen-bond donors (Lipinski definition) is 0. The molecule has 5 nitrogen and oxygen atoms in total. The van der Waals surface area contributed by atoms with Crippen LogP contribution in [0.25, 0.3) is 11.0 Å². The molecule has 5 heteroatoms. The molecule has 1 aliphatic rings. The highest BCUT2D eigenvalue weighted by Crippen LogP contribution is 2.26. The van der Waals surface area contributed by atoms with Gasteiger partial charge in [0.25, 0.3) is 5.91 Å². The van der Waals surface area contributed by atoms with Gasteiger partial charge in [-0.3, -0.25) is 4.79 Å². The monoisotopic (exact) mass is 342 g/mol. The molecule has 1 fully saturated rings. The van der Waals surface area contributed by atoms with Gasteiger partial charge in [-0.2, -0.15) is 5.10 Å². The lowest BCUT2D eigenvalue weighted by molar-refractivity contribution is 0.0762. The molecule has 3 heterocycles. The van der Waals surface area contributed by atoms with Crippen LogP contribution in [-0.4, -0.2) is 38.7 Å². The Bertz CT molecular complexity index is 762. The van der Waals surface area contributed by atoms with Crippen molar-refractivity contribution in [2.24, 2.45) is 5.92 Å². The van der Waals surface area contributed by atoms with E-state index in [0.29, 0.717) is 5.92 Å². The first-order chi connectivity index (χ1) is 11.9. The van der Waals surface area contributed by atoms with Gasteiger partial charge in [0.05, 0.1) is 17.1 Å². The van der Waals surface area contributed by atoms with Crippen LogP contribution in [-0.2, 0) is 0 Å². The first kappa shape index (κ1) is 17.9. The summed E-state index contributed by atoms with van der Waals surface area (Å²) in [4.78, 5) is 20.1. The molecule has 0 bridgehead atoms. The molecule has 1 unspecified atom stereocenters. The van der Waals surface area contributed by atoms with Crippen molar-refractivity contribution in [3.05, 3.63) is 23.5 Å². The van der Waals surface area contributed by atoms with Gasteiger partial charge < -0.3 is 4.90 Å². The molecule has 25 heavy (non-hydrogen) atoms. The normalized spacial score (nSPS) is 19.0. The zero-order chi connectivity index (χ0) is 18.1. The van der Waals surface area contributed by atoms with Gasteiger partial charge in [-0.25, -0.2) is 9.67 Å². The van der Waals surface area contributed by atoms with Gasteiger partial charge >= 0.3 is 0 Å². The van der Waals surface area contributed by atoms with Crippen LogP contribution in [0.5, 0.6) is 0 Å². The van der Waals surface area contributed by atoms with Gasteiger partial charge in [0, 0.05) is 24.8 Å². The third-order valence-corrected chi connectivity index (χ3v) is 5.20. The number of amides is 1. The minimum Gasteiger partial charge on any atom is -0.339 e. The van der Waals surface area contributed by atoms with E-state index in [2.05, 4.69) is 39.7 Å². The predicted octanol–water partition coefficient (Wildman–Crippen LogP) is 4.40. The number of nitrogens with zero attached hydrogens (tertiary/aromatic N) is 4. The Morgan fingerprint density at radius 2 is 1.96 bits per heavy atom. The van der Waals surface area contributed by atoms with Gasteiger partial charge in [0.15, 0.2) is 5.65 Å². The van der Waals surface area contributed by atoms with E-state index in [4.69, 9.17) is 4.98 Å². The number of pyridine rings is 1. The largest absolute Gasteiger partial charge is 0.339 e. The van der Waals surface area contributed by atoms with E-state index >= 15 is 0 Å². The maximum atomic E-state index is 13.3. The zero-order valence-corrected chi connectivity index (χ0v) is 16.1. The van der Waals surface area contributed by atoms with E-state index in [9.17, 15) is 4.79 Å². The number of rotatable bonds is 3. The summed E-state index contributed by atoms with van der Waals surface area (Å²) in [6.07, 6.45) is 5.18. The molecule has 0 saturated carbocycles. The van der Waals surface area contributed by atoms with E-state index in [0.717, 1.165) is 48.2 Å². The second-order valence-electron chi connectivity index (χ2n) is 8.00. The Hall–Kier alpha value is -1.91. The average molecular weight is 342 g/mol. The quantitative estimate of drug-likeness (QED) is 0.831. The van der Waals surface area contributed by atoms with Crippen LogP contribution in [0.1, 0.15) is 81.9 Å². The van der Waals surface area contributed by atoms with E-state index in [-0.39, 0.29) is 17.9 Å². The summed E-state index contributed by atoms with van der Waals surface area (Å²) in [5.74, 6) is 1.10. The predicted molar refractivity (Wildman–Crippen MR) is 101 cm³/mol. The maximum Gasteiger partial charge on any atom is 0.254 e. The molecule has 0 aromatic carbocycles. The van der Waals surface area contributed by atoms with Crippen molar-refractivity contribution in [3.63, 3.8) is 0 Å². The fraction of sp³-hybridized carbons (Fsp3) is 0.650. The Morgan fingerprint density at radius 1 is 1.20 bits per heavy atom. The molecule has 0 aliphatic carbocycles. The molecular weight excluding hydrogens is 312 g/mol. The van der Waals surface area contributed by atoms with Crippen molar-refractivity contribution in [2.75, 3.05) is 13.1 Å². The van der Waals surface area contributed by atoms with Crippen LogP contribution in [0, 0.1) is 5.92 Å². The molecule has 2 aromatic rings. The number of likely N-dealkylation sites (tertiary alicyclic amines) is 1. The summed E-state index contributed by atoms with van der Waals surface area (Å²) in [7, 11) is 0. The number of fused-ring (bicyclic) bond motifs is 1. The van der Waals surface area contributed by atoms with Crippen LogP contribution < -0.4 is 0 Å². The van der Waals surface area contributed by atoms with Crippen molar-refractivity contribution < 1.29 is 4.79 Å². The molecule has 0 spiro atoms. The summed E-state index contributed by atoms with van der Waals surface area (Å²) in [5, 5.41) is 5.37. The lowest BCUT2D eigenvalue weighted by Gasteiger charge is -2.21. The second-order valence-corrected chi connectivity index (χ2v) is 8.00. The van der Waals surface area contributed by atoms with Crippen molar-refractivity contribution in [2.45, 2.75) is 65.8 Å². The molecule has 1 amide bonds. The third kappa shape index (κ3) is 3.55. The summed E-state index contributed by atoms with van der Waals surface area (Å²) in [5.41, 5.74) is 2.55.